The number of aromatic nitrogens is 3. The molecule has 0 aliphatic heterocycles. The number of phenols is 1. The molecule has 0 bridgehead atoms. The van der Waals surface area contributed by atoms with E-state index in [4.69, 9.17) is 4.74 Å². The monoisotopic (exact) mass is 367 g/mol. The van der Waals surface area contributed by atoms with Gasteiger partial charge in [0.25, 0.3) is 5.88 Å². The molecule has 1 aliphatic carbocycles. The van der Waals surface area contributed by atoms with Crippen LogP contribution in [0.1, 0.15) is 25.7 Å². The summed E-state index contributed by atoms with van der Waals surface area (Å²) in [6, 6.07) is 5.02. The Balaban J connectivity index is 1.75. The van der Waals surface area contributed by atoms with Gasteiger partial charge in [-0.15, -0.1) is 10.2 Å². The Morgan fingerprint density at radius 3 is 2.73 bits per heavy atom. The molecule has 1 heterocycles. The van der Waals surface area contributed by atoms with Gasteiger partial charge in [-0.1, -0.05) is 22.4 Å². The zero-order valence-corrected chi connectivity index (χ0v) is 13.3. The van der Waals surface area contributed by atoms with E-state index in [1.54, 1.807) is 18.2 Å². The first-order valence-electron chi connectivity index (χ1n) is 7.13. The van der Waals surface area contributed by atoms with Crippen molar-refractivity contribution < 1.29 is 14.2 Å². The standard InChI is InChI=1S/C15H15BrFN3O2/c16-9-5-6-10(12(21)7-9)15-18-8-14(19-20-15)22-13-4-2-1-3-11(13)17/h5-8,11,13,21H,1-4H2/t11-,13+/m0/s1. The molecule has 1 N–H and O–H groups in total. The SMILES string of the molecule is Oc1cc(Br)ccc1-c1ncc(O[C@@H]2CCCC[C@@H]2F)nn1. The lowest BCUT2D eigenvalue weighted by Gasteiger charge is -2.25. The number of benzene rings is 1. The minimum absolute atomic E-state index is 0.0564. The lowest BCUT2D eigenvalue weighted by atomic mass is 9.96. The smallest absolute Gasteiger partial charge is 0.252 e. The highest BCUT2D eigenvalue weighted by Crippen LogP contribution is 2.29. The van der Waals surface area contributed by atoms with E-state index < -0.39 is 12.3 Å². The van der Waals surface area contributed by atoms with Gasteiger partial charge in [-0.2, -0.15) is 0 Å². The van der Waals surface area contributed by atoms with Crippen molar-refractivity contribution in [1.29, 1.82) is 0 Å². The summed E-state index contributed by atoms with van der Waals surface area (Å²) in [4.78, 5) is 4.13. The fourth-order valence-corrected chi connectivity index (χ4v) is 2.82. The molecule has 116 valence electrons. The lowest BCUT2D eigenvalue weighted by Crippen LogP contribution is -2.32. The van der Waals surface area contributed by atoms with Gasteiger partial charge in [-0.25, -0.2) is 9.37 Å². The van der Waals surface area contributed by atoms with E-state index in [2.05, 4.69) is 31.1 Å². The highest BCUT2D eigenvalue weighted by atomic mass is 79.9. The van der Waals surface area contributed by atoms with E-state index >= 15 is 0 Å². The zero-order valence-electron chi connectivity index (χ0n) is 11.7. The summed E-state index contributed by atoms with van der Waals surface area (Å²) in [5.74, 6) is 0.550. The maximum absolute atomic E-state index is 13.7. The number of ether oxygens (including phenoxy) is 1. The molecule has 3 rings (SSSR count). The van der Waals surface area contributed by atoms with Gasteiger partial charge >= 0.3 is 0 Å². The van der Waals surface area contributed by atoms with Gasteiger partial charge in [0.05, 0.1) is 11.8 Å². The van der Waals surface area contributed by atoms with Crippen LogP contribution >= 0.6 is 15.9 Å². The third-order valence-electron chi connectivity index (χ3n) is 3.64. The molecule has 1 aromatic carbocycles. The molecule has 2 atom stereocenters. The Labute approximate surface area is 135 Å². The van der Waals surface area contributed by atoms with Crippen LogP contribution < -0.4 is 4.74 Å². The third kappa shape index (κ3) is 3.35. The molecular weight excluding hydrogens is 353 g/mol. The predicted octanol–water partition coefficient (Wildman–Crippen LogP) is 3.67. The van der Waals surface area contributed by atoms with Gasteiger partial charge < -0.3 is 9.84 Å². The third-order valence-corrected chi connectivity index (χ3v) is 4.13. The molecule has 2 aromatic rings. The van der Waals surface area contributed by atoms with E-state index in [9.17, 15) is 9.50 Å². The molecule has 0 unspecified atom stereocenters. The van der Waals surface area contributed by atoms with Crippen molar-refractivity contribution >= 4 is 15.9 Å². The number of alkyl halides is 1. The van der Waals surface area contributed by atoms with Crippen LogP contribution in [0.2, 0.25) is 0 Å². The predicted molar refractivity (Wildman–Crippen MR) is 82.4 cm³/mol. The van der Waals surface area contributed by atoms with Crippen LogP contribution in [-0.4, -0.2) is 32.6 Å². The molecule has 1 saturated carbocycles. The van der Waals surface area contributed by atoms with Gasteiger partial charge in [0.2, 0.25) is 0 Å². The number of hydrogen-bond acceptors (Lipinski definition) is 5. The Bertz CT molecular complexity index is 654. The number of aromatic hydroxyl groups is 1. The van der Waals surface area contributed by atoms with Crippen molar-refractivity contribution in [3.63, 3.8) is 0 Å². The van der Waals surface area contributed by atoms with Crippen LogP contribution in [0.4, 0.5) is 4.39 Å². The maximum Gasteiger partial charge on any atom is 0.252 e. The van der Waals surface area contributed by atoms with E-state index in [0.29, 0.717) is 18.4 Å². The number of phenolic OH excluding ortho intramolecular Hbond substituents is 1. The molecule has 7 heteroatoms. The minimum atomic E-state index is -0.967. The molecule has 22 heavy (non-hydrogen) atoms. The Morgan fingerprint density at radius 1 is 1.23 bits per heavy atom. The molecule has 0 amide bonds. The van der Waals surface area contributed by atoms with Crippen LogP contribution in [-0.2, 0) is 0 Å². The first-order chi connectivity index (χ1) is 10.6. The van der Waals surface area contributed by atoms with Gasteiger partial charge in [-0.05, 0) is 37.5 Å². The van der Waals surface area contributed by atoms with Crippen LogP contribution in [0.5, 0.6) is 11.6 Å². The number of rotatable bonds is 3. The average Bonchev–Trinajstić information content (AvgIpc) is 2.51. The highest BCUT2D eigenvalue weighted by molar-refractivity contribution is 9.10. The van der Waals surface area contributed by atoms with Crippen molar-refractivity contribution in [2.75, 3.05) is 0 Å². The Morgan fingerprint density at radius 2 is 2.05 bits per heavy atom. The van der Waals surface area contributed by atoms with Crippen LogP contribution in [0.3, 0.4) is 0 Å². The molecular formula is C15H15BrFN3O2. The van der Waals surface area contributed by atoms with Crippen molar-refractivity contribution in [2.45, 2.75) is 38.0 Å². The summed E-state index contributed by atoms with van der Waals surface area (Å²) in [5, 5.41) is 17.8. The van der Waals surface area contributed by atoms with Gasteiger partial charge in [0, 0.05) is 4.47 Å². The second kappa shape index (κ2) is 6.56. The summed E-state index contributed by atoms with van der Waals surface area (Å²) in [7, 11) is 0. The van der Waals surface area contributed by atoms with Crippen LogP contribution in [0.15, 0.2) is 28.9 Å². The Kier molecular flexibility index (Phi) is 4.52. The fourth-order valence-electron chi connectivity index (χ4n) is 2.48. The molecule has 0 radical (unpaired) electrons. The summed E-state index contributed by atoms with van der Waals surface area (Å²) in [5.41, 5.74) is 0.475. The molecule has 1 fully saturated rings. The first kappa shape index (κ1) is 15.1. The van der Waals surface area contributed by atoms with Crippen molar-refractivity contribution in [1.82, 2.24) is 15.2 Å². The molecule has 1 aromatic heterocycles. The topological polar surface area (TPSA) is 68.1 Å². The largest absolute Gasteiger partial charge is 0.507 e. The van der Waals surface area contributed by atoms with Gasteiger partial charge in [0.1, 0.15) is 18.0 Å². The normalized spacial score (nSPS) is 21.5. The summed E-state index contributed by atoms with van der Waals surface area (Å²) >= 11 is 3.27. The van der Waals surface area contributed by atoms with Crippen molar-refractivity contribution in [3.8, 4) is 23.0 Å². The second-order valence-electron chi connectivity index (χ2n) is 5.24. The maximum atomic E-state index is 13.7. The average molecular weight is 368 g/mol. The van der Waals surface area contributed by atoms with E-state index in [1.807, 2.05) is 0 Å². The summed E-state index contributed by atoms with van der Waals surface area (Å²) in [6.45, 7) is 0. The molecule has 5 nitrogen and oxygen atoms in total. The number of halogens is 2. The minimum Gasteiger partial charge on any atom is -0.507 e. The van der Waals surface area contributed by atoms with E-state index in [-0.39, 0.29) is 17.5 Å². The van der Waals surface area contributed by atoms with Gasteiger partial charge in [0.15, 0.2) is 5.82 Å². The van der Waals surface area contributed by atoms with Crippen molar-refractivity contribution in [2.24, 2.45) is 0 Å². The number of nitrogens with zero attached hydrogens (tertiary/aromatic N) is 3. The zero-order chi connectivity index (χ0) is 15.5. The van der Waals surface area contributed by atoms with Crippen molar-refractivity contribution in [3.05, 3.63) is 28.9 Å². The van der Waals surface area contributed by atoms with Gasteiger partial charge in [-0.3, -0.25) is 0 Å². The molecule has 0 saturated heterocycles. The first-order valence-corrected chi connectivity index (χ1v) is 7.92. The quantitative estimate of drug-likeness (QED) is 0.896. The van der Waals surface area contributed by atoms with Crippen LogP contribution in [0.25, 0.3) is 11.4 Å². The van der Waals surface area contributed by atoms with E-state index in [0.717, 1.165) is 17.3 Å². The fraction of sp³-hybridized carbons (Fsp3) is 0.400. The second-order valence-corrected chi connectivity index (χ2v) is 6.15. The summed E-state index contributed by atoms with van der Waals surface area (Å²) in [6.07, 6.45) is 3.02. The lowest BCUT2D eigenvalue weighted by molar-refractivity contribution is 0.0590. The van der Waals surface area contributed by atoms with Crippen LogP contribution in [0, 0.1) is 0 Å². The highest BCUT2D eigenvalue weighted by Gasteiger charge is 2.27. The van der Waals surface area contributed by atoms with E-state index in [1.165, 1.54) is 6.20 Å². The molecule has 0 spiro atoms. The Hall–Kier alpha value is -1.76. The molecule has 1 aliphatic rings. The number of hydrogen-bond donors (Lipinski definition) is 1. The summed E-state index contributed by atoms with van der Waals surface area (Å²) < 4.78 is 20.0.